The quantitative estimate of drug-likeness (QED) is 0.759. The van der Waals surface area contributed by atoms with Gasteiger partial charge in [0.1, 0.15) is 5.75 Å². The Hall–Kier alpha value is -1.56. The van der Waals surface area contributed by atoms with Crippen molar-refractivity contribution in [2.75, 3.05) is 5.75 Å². The first kappa shape index (κ1) is 10.9. The number of benzene rings is 1. The van der Waals surface area contributed by atoms with Crippen molar-refractivity contribution in [3.63, 3.8) is 0 Å². The van der Waals surface area contributed by atoms with Crippen LogP contribution in [-0.4, -0.2) is 23.7 Å². The lowest BCUT2D eigenvalue weighted by Gasteiger charge is -2.04. The van der Waals surface area contributed by atoms with E-state index in [4.69, 9.17) is 4.18 Å². The Morgan fingerprint density at radius 1 is 1.44 bits per heavy atom. The summed E-state index contributed by atoms with van der Waals surface area (Å²) >= 11 is 0. The van der Waals surface area contributed by atoms with Gasteiger partial charge in [0.25, 0.3) is 0 Å². The highest BCUT2D eigenvalue weighted by Crippen LogP contribution is 2.20. The fourth-order valence-electron chi connectivity index (χ4n) is 1.37. The van der Waals surface area contributed by atoms with Crippen molar-refractivity contribution in [2.24, 2.45) is 7.05 Å². The molecule has 0 N–H and O–H groups in total. The van der Waals surface area contributed by atoms with Gasteiger partial charge in [0.05, 0.1) is 23.1 Å². The number of aryl methyl sites for hydroxylation is 1. The first-order chi connectivity index (χ1) is 7.52. The minimum atomic E-state index is -3.47. The van der Waals surface area contributed by atoms with Crippen molar-refractivity contribution in [3.05, 3.63) is 24.5 Å². The molecule has 0 radical (unpaired) electrons. The molecular weight excluding hydrogens is 228 g/mol. The molecule has 0 fully saturated rings. The maximum atomic E-state index is 11.3. The van der Waals surface area contributed by atoms with Gasteiger partial charge < -0.3 is 8.75 Å². The molecule has 0 bridgehead atoms. The van der Waals surface area contributed by atoms with Crippen molar-refractivity contribution in [1.82, 2.24) is 9.55 Å². The standard InChI is InChI=1S/C10H12N2O3S/c1-3-16(13,14)15-8-4-5-10-9(6-8)11-7-12(10)2/h4-7H,3H2,1-2H3. The van der Waals surface area contributed by atoms with Crippen LogP contribution in [0.1, 0.15) is 6.92 Å². The normalized spacial score (nSPS) is 11.9. The van der Waals surface area contributed by atoms with Gasteiger partial charge in [-0.15, -0.1) is 0 Å². The zero-order chi connectivity index (χ0) is 11.8. The van der Waals surface area contributed by atoms with E-state index < -0.39 is 10.1 Å². The highest BCUT2D eigenvalue weighted by Gasteiger charge is 2.10. The summed E-state index contributed by atoms with van der Waals surface area (Å²) in [5.41, 5.74) is 1.65. The van der Waals surface area contributed by atoms with Crippen molar-refractivity contribution in [3.8, 4) is 5.75 Å². The van der Waals surface area contributed by atoms with Crippen molar-refractivity contribution in [1.29, 1.82) is 0 Å². The van der Waals surface area contributed by atoms with E-state index in [1.807, 2.05) is 11.6 Å². The fraction of sp³-hybridized carbons (Fsp3) is 0.300. The maximum Gasteiger partial charge on any atom is 0.308 e. The van der Waals surface area contributed by atoms with Gasteiger partial charge in [0.2, 0.25) is 0 Å². The molecule has 6 heteroatoms. The van der Waals surface area contributed by atoms with E-state index in [1.165, 1.54) is 6.92 Å². The van der Waals surface area contributed by atoms with Gasteiger partial charge >= 0.3 is 10.1 Å². The van der Waals surface area contributed by atoms with E-state index in [0.29, 0.717) is 11.3 Å². The highest BCUT2D eigenvalue weighted by atomic mass is 32.2. The number of nitrogens with zero attached hydrogens (tertiary/aromatic N) is 2. The third kappa shape index (κ3) is 2.01. The van der Waals surface area contributed by atoms with Crippen LogP contribution in [-0.2, 0) is 17.2 Å². The molecule has 2 rings (SSSR count). The van der Waals surface area contributed by atoms with Crippen LogP contribution in [0.2, 0.25) is 0 Å². The van der Waals surface area contributed by atoms with Gasteiger partial charge in [-0.05, 0) is 19.1 Å². The topological polar surface area (TPSA) is 61.2 Å². The lowest BCUT2D eigenvalue weighted by atomic mass is 10.3. The van der Waals surface area contributed by atoms with Crippen LogP contribution in [0.5, 0.6) is 5.75 Å². The van der Waals surface area contributed by atoms with E-state index in [2.05, 4.69) is 4.98 Å². The Labute approximate surface area is 93.8 Å². The van der Waals surface area contributed by atoms with Gasteiger partial charge in [-0.25, -0.2) is 4.98 Å². The molecule has 0 saturated carbocycles. The largest absolute Gasteiger partial charge is 0.382 e. The van der Waals surface area contributed by atoms with Crippen LogP contribution < -0.4 is 4.18 Å². The molecule has 2 aromatic rings. The fourth-order valence-corrected chi connectivity index (χ4v) is 1.89. The summed E-state index contributed by atoms with van der Waals surface area (Å²) in [7, 11) is -1.60. The third-order valence-corrected chi connectivity index (χ3v) is 3.43. The van der Waals surface area contributed by atoms with E-state index in [9.17, 15) is 8.42 Å². The Bertz CT molecular complexity index is 616. The lowest BCUT2D eigenvalue weighted by Crippen LogP contribution is -2.11. The minimum Gasteiger partial charge on any atom is -0.382 e. The number of aromatic nitrogens is 2. The summed E-state index contributed by atoms with van der Waals surface area (Å²) < 4.78 is 29.3. The molecule has 0 atom stereocenters. The van der Waals surface area contributed by atoms with Gasteiger partial charge in [-0.3, -0.25) is 0 Å². The van der Waals surface area contributed by atoms with Crippen LogP contribution in [0.25, 0.3) is 11.0 Å². The summed E-state index contributed by atoms with van der Waals surface area (Å²) in [5.74, 6) is 0.251. The number of rotatable bonds is 3. The Morgan fingerprint density at radius 2 is 2.19 bits per heavy atom. The summed E-state index contributed by atoms with van der Waals surface area (Å²) in [4.78, 5) is 4.12. The van der Waals surface area contributed by atoms with Crippen molar-refractivity contribution in [2.45, 2.75) is 6.92 Å². The molecule has 1 aromatic heterocycles. The summed E-state index contributed by atoms with van der Waals surface area (Å²) in [6, 6.07) is 5.02. The second-order valence-electron chi connectivity index (χ2n) is 3.44. The first-order valence-corrected chi connectivity index (χ1v) is 6.43. The van der Waals surface area contributed by atoms with Gasteiger partial charge in [-0.2, -0.15) is 8.42 Å². The number of fused-ring (bicyclic) bond motifs is 1. The molecule has 0 saturated heterocycles. The first-order valence-electron chi connectivity index (χ1n) is 4.85. The molecule has 86 valence electrons. The molecule has 0 aliphatic carbocycles. The maximum absolute atomic E-state index is 11.3. The predicted molar refractivity (Wildman–Crippen MR) is 60.8 cm³/mol. The smallest absolute Gasteiger partial charge is 0.308 e. The lowest BCUT2D eigenvalue weighted by molar-refractivity contribution is 0.488. The SMILES string of the molecule is CCS(=O)(=O)Oc1ccc2c(c1)ncn2C. The average Bonchev–Trinajstić information content (AvgIpc) is 2.60. The Kier molecular flexibility index (Phi) is 2.59. The zero-order valence-corrected chi connectivity index (χ0v) is 9.86. The molecular formula is C10H12N2O3S. The minimum absolute atomic E-state index is 0.0484. The second-order valence-corrected chi connectivity index (χ2v) is 5.30. The highest BCUT2D eigenvalue weighted by molar-refractivity contribution is 7.87. The second kappa shape index (κ2) is 3.79. The van der Waals surface area contributed by atoms with Crippen molar-refractivity contribution >= 4 is 21.2 Å². The molecule has 5 nitrogen and oxygen atoms in total. The van der Waals surface area contributed by atoms with E-state index in [1.54, 1.807) is 24.5 Å². The van der Waals surface area contributed by atoms with Crippen LogP contribution in [0, 0.1) is 0 Å². The third-order valence-electron chi connectivity index (χ3n) is 2.27. The molecule has 1 heterocycles. The van der Waals surface area contributed by atoms with E-state index in [-0.39, 0.29) is 5.75 Å². The Morgan fingerprint density at radius 3 is 2.88 bits per heavy atom. The van der Waals surface area contributed by atoms with Crippen LogP contribution in [0.4, 0.5) is 0 Å². The molecule has 0 unspecified atom stereocenters. The number of hydrogen-bond donors (Lipinski definition) is 0. The summed E-state index contributed by atoms with van der Waals surface area (Å²) in [5, 5.41) is 0. The molecule has 16 heavy (non-hydrogen) atoms. The monoisotopic (exact) mass is 240 g/mol. The number of hydrogen-bond acceptors (Lipinski definition) is 4. The van der Waals surface area contributed by atoms with E-state index in [0.717, 1.165) is 5.52 Å². The number of imidazole rings is 1. The molecule has 0 spiro atoms. The van der Waals surface area contributed by atoms with Gasteiger partial charge in [0.15, 0.2) is 0 Å². The Balaban J connectivity index is 2.41. The van der Waals surface area contributed by atoms with Crippen LogP contribution in [0.15, 0.2) is 24.5 Å². The molecule has 0 aliphatic heterocycles. The van der Waals surface area contributed by atoms with Crippen LogP contribution in [0.3, 0.4) is 0 Å². The van der Waals surface area contributed by atoms with Gasteiger partial charge in [-0.1, -0.05) is 0 Å². The van der Waals surface area contributed by atoms with Gasteiger partial charge in [0, 0.05) is 13.1 Å². The van der Waals surface area contributed by atoms with Crippen LogP contribution >= 0.6 is 0 Å². The van der Waals surface area contributed by atoms with Crippen molar-refractivity contribution < 1.29 is 12.6 Å². The molecule has 0 amide bonds. The predicted octanol–water partition coefficient (Wildman–Crippen LogP) is 1.30. The summed E-state index contributed by atoms with van der Waals surface area (Å²) in [6.45, 7) is 1.54. The van der Waals surface area contributed by atoms with E-state index >= 15 is 0 Å². The summed E-state index contributed by atoms with van der Waals surface area (Å²) in [6.07, 6.45) is 1.67. The zero-order valence-electron chi connectivity index (χ0n) is 9.04. The molecule has 1 aromatic carbocycles. The molecule has 0 aliphatic rings. The average molecular weight is 240 g/mol.